The van der Waals surface area contributed by atoms with E-state index in [0.717, 1.165) is 37.2 Å². The molecule has 1 N–H and O–H groups in total. The van der Waals surface area contributed by atoms with Gasteiger partial charge in [-0.15, -0.1) is 0 Å². The van der Waals surface area contributed by atoms with Crippen molar-refractivity contribution in [3.05, 3.63) is 47.3 Å². The number of amides is 1. The van der Waals surface area contributed by atoms with Gasteiger partial charge in [-0.3, -0.25) is 4.90 Å². The Hall–Kier alpha value is -2.87. The Morgan fingerprint density at radius 3 is 2.42 bits per heavy atom. The van der Waals surface area contributed by atoms with Crippen LogP contribution < -0.4 is 4.90 Å². The van der Waals surface area contributed by atoms with Crippen LogP contribution in [0.25, 0.3) is 0 Å². The number of likely N-dealkylation sites (tertiary alicyclic amines) is 1. The number of hydrogen-bond acceptors (Lipinski definition) is 5. The van der Waals surface area contributed by atoms with Crippen LogP contribution in [0.3, 0.4) is 0 Å². The molecule has 33 heavy (non-hydrogen) atoms. The molecule has 3 heterocycles. The fourth-order valence-electron chi connectivity index (χ4n) is 4.93. The summed E-state index contributed by atoms with van der Waals surface area (Å²) in [5.41, 5.74) is 3.89. The summed E-state index contributed by atoms with van der Waals surface area (Å²) in [5.74, 6) is -1.13. The fraction of sp³-hybridized carbons (Fsp3) is 0.560. The number of aromatic carboxylic acids is 1. The molecule has 0 unspecified atom stereocenters. The second-order valence-corrected chi connectivity index (χ2v) is 9.75. The third-order valence-corrected chi connectivity index (χ3v) is 7.38. The van der Waals surface area contributed by atoms with Crippen LogP contribution in [0, 0.1) is 6.92 Å². The Bertz CT molecular complexity index is 1000. The molecule has 0 saturated carbocycles. The lowest BCUT2D eigenvalue weighted by atomic mass is 9.87. The summed E-state index contributed by atoms with van der Waals surface area (Å²) in [5, 5.41) is 12.9. The molecule has 4 rings (SSSR count). The lowest BCUT2D eigenvalue weighted by Gasteiger charge is -2.45. The molecule has 2 aromatic rings. The first-order valence-electron chi connectivity index (χ1n) is 11.9. The number of nitrogens with zero attached hydrogens (tertiary/aromatic N) is 5. The molecular formula is C25H35N5O3. The molecule has 2 aliphatic heterocycles. The summed E-state index contributed by atoms with van der Waals surface area (Å²) in [6.45, 7) is 8.81. The Labute approximate surface area is 195 Å². The van der Waals surface area contributed by atoms with Crippen molar-refractivity contribution < 1.29 is 14.7 Å². The molecule has 2 saturated heterocycles. The van der Waals surface area contributed by atoms with Crippen molar-refractivity contribution in [2.24, 2.45) is 0 Å². The van der Waals surface area contributed by atoms with Crippen molar-refractivity contribution in [3.63, 3.8) is 0 Å². The first-order chi connectivity index (χ1) is 15.8. The van der Waals surface area contributed by atoms with Gasteiger partial charge in [-0.1, -0.05) is 12.1 Å². The largest absolute Gasteiger partial charge is 0.476 e. The minimum Gasteiger partial charge on any atom is -0.476 e. The molecule has 0 radical (unpaired) electrons. The topological polar surface area (TPSA) is 81.9 Å². The molecule has 1 amide bonds. The lowest BCUT2D eigenvalue weighted by Crippen LogP contribution is -2.53. The van der Waals surface area contributed by atoms with Crippen LogP contribution in [0.1, 0.15) is 60.6 Å². The minimum absolute atomic E-state index is 0.0167. The van der Waals surface area contributed by atoms with Crippen molar-refractivity contribution in [2.45, 2.75) is 58.0 Å². The zero-order valence-corrected chi connectivity index (χ0v) is 20.0. The molecule has 8 nitrogen and oxygen atoms in total. The predicted octanol–water partition coefficient (Wildman–Crippen LogP) is 3.83. The summed E-state index contributed by atoms with van der Waals surface area (Å²) in [7, 11) is 2.18. The molecule has 2 fully saturated rings. The highest BCUT2D eigenvalue weighted by Gasteiger charge is 2.36. The van der Waals surface area contributed by atoms with Crippen LogP contribution in [0.15, 0.2) is 30.5 Å². The second-order valence-electron chi connectivity index (χ2n) is 9.75. The monoisotopic (exact) mass is 453 g/mol. The molecule has 0 aliphatic carbocycles. The van der Waals surface area contributed by atoms with Crippen LogP contribution in [-0.4, -0.2) is 75.5 Å². The van der Waals surface area contributed by atoms with E-state index in [4.69, 9.17) is 5.11 Å². The van der Waals surface area contributed by atoms with Crippen LogP contribution in [0.4, 0.5) is 10.5 Å². The first kappa shape index (κ1) is 23.3. The molecular weight excluding hydrogens is 418 g/mol. The molecule has 0 atom stereocenters. The van der Waals surface area contributed by atoms with Crippen molar-refractivity contribution in [1.29, 1.82) is 0 Å². The van der Waals surface area contributed by atoms with Crippen molar-refractivity contribution >= 4 is 17.7 Å². The van der Waals surface area contributed by atoms with Gasteiger partial charge in [-0.2, -0.15) is 9.78 Å². The van der Waals surface area contributed by atoms with Gasteiger partial charge in [-0.25, -0.2) is 9.59 Å². The van der Waals surface area contributed by atoms with Gasteiger partial charge < -0.3 is 14.9 Å². The highest BCUT2D eigenvalue weighted by molar-refractivity contribution is 5.86. The number of rotatable bonds is 5. The van der Waals surface area contributed by atoms with Gasteiger partial charge in [-0.05, 0) is 76.3 Å². The normalized spacial score (nSPS) is 18.5. The Balaban J connectivity index is 1.41. The van der Waals surface area contributed by atoms with E-state index in [2.05, 4.69) is 54.0 Å². The number of carbonyl (C=O) groups is 2. The molecule has 0 bridgehead atoms. The van der Waals surface area contributed by atoms with E-state index in [-0.39, 0.29) is 17.3 Å². The van der Waals surface area contributed by atoms with Crippen molar-refractivity contribution in [1.82, 2.24) is 19.6 Å². The van der Waals surface area contributed by atoms with Crippen LogP contribution in [0.5, 0.6) is 0 Å². The van der Waals surface area contributed by atoms with E-state index < -0.39 is 5.97 Å². The van der Waals surface area contributed by atoms with Gasteiger partial charge in [0.15, 0.2) is 5.69 Å². The number of hydrogen-bond donors (Lipinski definition) is 1. The quantitative estimate of drug-likeness (QED) is 0.741. The van der Waals surface area contributed by atoms with Gasteiger partial charge in [0.25, 0.3) is 0 Å². The summed E-state index contributed by atoms with van der Waals surface area (Å²) < 4.78 is 1.13. The van der Waals surface area contributed by atoms with Crippen LogP contribution in [-0.2, 0) is 6.54 Å². The molecule has 8 heteroatoms. The molecule has 1 aromatic heterocycles. The van der Waals surface area contributed by atoms with E-state index in [1.54, 1.807) is 4.90 Å². The predicted molar refractivity (Wildman–Crippen MR) is 128 cm³/mol. The summed E-state index contributed by atoms with van der Waals surface area (Å²) in [6, 6.07) is 7.89. The Morgan fingerprint density at radius 1 is 1.09 bits per heavy atom. The van der Waals surface area contributed by atoms with Gasteiger partial charge in [0.05, 0.1) is 0 Å². The molecule has 178 valence electrons. The van der Waals surface area contributed by atoms with Crippen molar-refractivity contribution in [2.75, 3.05) is 38.1 Å². The number of carboxylic acids is 1. The lowest BCUT2D eigenvalue weighted by molar-refractivity contribution is 0.0585. The zero-order chi connectivity index (χ0) is 23.6. The minimum atomic E-state index is -1.13. The SMILES string of the molecule is Cc1ccc(CN(C)C2(C)CCN(C(=O)n3ccc(C(=O)O)n3)CC2)c(N2CCCCC2)c1. The van der Waals surface area contributed by atoms with E-state index >= 15 is 0 Å². The molecule has 0 spiro atoms. The fourth-order valence-corrected chi connectivity index (χ4v) is 4.93. The average molecular weight is 454 g/mol. The maximum Gasteiger partial charge on any atom is 0.356 e. The third-order valence-electron chi connectivity index (χ3n) is 7.38. The van der Waals surface area contributed by atoms with E-state index in [1.807, 2.05) is 0 Å². The highest BCUT2D eigenvalue weighted by Crippen LogP contribution is 2.32. The second kappa shape index (κ2) is 9.55. The molecule has 2 aliphatic rings. The smallest absolute Gasteiger partial charge is 0.356 e. The van der Waals surface area contributed by atoms with Gasteiger partial charge in [0, 0.05) is 50.1 Å². The Morgan fingerprint density at radius 2 is 1.79 bits per heavy atom. The number of carboxylic acid groups (broad SMARTS) is 1. The van der Waals surface area contributed by atoms with Gasteiger partial charge in [0.2, 0.25) is 0 Å². The number of benzene rings is 1. The standard InChI is InChI=1S/C25H35N5O3/c1-19-7-8-20(22(17-19)28-12-5-4-6-13-28)18-27(3)25(2)10-15-29(16-11-25)24(33)30-14-9-21(26-30)23(31)32/h7-9,14,17H,4-6,10-13,15-16,18H2,1-3H3,(H,31,32). The van der Waals surface area contributed by atoms with Gasteiger partial charge in [0.1, 0.15) is 0 Å². The number of anilines is 1. The number of piperidine rings is 2. The summed E-state index contributed by atoms with van der Waals surface area (Å²) in [4.78, 5) is 30.6. The summed E-state index contributed by atoms with van der Waals surface area (Å²) >= 11 is 0. The maximum absolute atomic E-state index is 12.8. The highest BCUT2D eigenvalue weighted by atomic mass is 16.4. The van der Waals surface area contributed by atoms with Gasteiger partial charge >= 0.3 is 12.0 Å². The number of carbonyl (C=O) groups excluding carboxylic acids is 1. The molecule has 1 aromatic carbocycles. The Kier molecular flexibility index (Phi) is 6.74. The van der Waals surface area contributed by atoms with Crippen molar-refractivity contribution in [3.8, 4) is 0 Å². The first-order valence-corrected chi connectivity index (χ1v) is 11.9. The van der Waals surface area contributed by atoms with Crippen LogP contribution >= 0.6 is 0 Å². The number of aromatic nitrogens is 2. The zero-order valence-electron chi connectivity index (χ0n) is 20.0. The van der Waals surface area contributed by atoms with Crippen LogP contribution in [0.2, 0.25) is 0 Å². The van der Waals surface area contributed by atoms with E-state index in [0.29, 0.717) is 13.1 Å². The number of aryl methyl sites for hydroxylation is 1. The summed E-state index contributed by atoms with van der Waals surface area (Å²) in [6.07, 6.45) is 6.97. The van der Waals surface area contributed by atoms with E-state index in [9.17, 15) is 9.59 Å². The maximum atomic E-state index is 12.8. The van der Waals surface area contributed by atoms with E-state index in [1.165, 1.54) is 48.3 Å². The third kappa shape index (κ3) is 5.05. The average Bonchev–Trinajstić information content (AvgIpc) is 3.31.